The molecule has 4 heteroatoms. The van der Waals surface area contributed by atoms with Crippen LogP contribution in [0.5, 0.6) is 0 Å². The van der Waals surface area contributed by atoms with Crippen molar-refractivity contribution in [1.82, 2.24) is 5.32 Å². The third-order valence-corrected chi connectivity index (χ3v) is 4.36. The number of carboxylic acid groups (broad SMARTS) is 1. The number of benzene rings is 1. The summed E-state index contributed by atoms with van der Waals surface area (Å²) in [7, 11) is 0. The van der Waals surface area contributed by atoms with E-state index in [2.05, 4.69) is 5.32 Å². The first-order chi connectivity index (χ1) is 9.99. The zero-order chi connectivity index (χ0) is 15.4. The van der Waals surface area contributed by atoms with Crippen molar-refractivity contribution in [2.45, 2.75) is 45.6 Å². The first-order valence-electron chi connectivity index (χ1n) is 7.59. The largest absolute Gasteiger partial charge is 0.481 e. The van der Waals surface area contributed by atoms with Gasteiger partial charge in [0, 0.05) is 0 Å². The van der Waals surface area contributed by atoms with Crippen molar-refractivity contribution in [2.75, 3.05) is 0 Å². The minimum Gasteiger partial charge on any atom is -0.481 e. The fourth-order valence-electron chi connectivity index (χ4n) is 3.00. The highest BCUT2D eigenvalue weighted by Crippen LogP contribution is 2.31. The number of carboxylic acids is 1. The molecule has 1 aliphatic carbocycles. The topological polar surface area (TPSA) is 66.4 Å². The molecule has 4 nitrogen and oxygen atoms in total. The number of rotatable bonds is 4. The molecule has 1 aromatic rings. The Morgan fingerprint density at radius 1 is 1.14 bits per heavy atom. The second-order valence-electron chi connectivity index (χ2n) is 5.98. The van der Waals surface area contributed by atoms with E-state index in [-0.39, 0.29) is 11.9 Å². The first-order valence-corrected chi connectivity index (χ1v) is 7.59. The first kappa shape index (κ1) is 15.5. The number of amides is 1. The molecule has 2 N–H and O–H groups in total. The standard InChI is InChI=1S/C17H23NO3/c1-11-7-9-13(10-8-11)12(2)18-16(19)14-5-3-4-6-15(14)17(20)21/h7-10,12,14-15H,3-6H2,1-2H3,(H,18,19)(H,20,21)/t12-,14+,15-/m0/s1. The molecule has 0 aromatic heterocycles. The average molecular weight is 289 g/mol. The highest BCUT2D eigenvalue weighted by molar-refractivity contribution is 5.85. The minimum atomic E-state index is -0.849. The van der Waals surface area contributed by atoms with E-state index >= 15 is 0 Å². The van der Waals surface area contributed by atoms with Gasteiger partial charge in [-0.05, 0) is 32.3 Å². The summed E-state index contributed by atoms with van der Waals surface area (Å²) in [5.74, 6) is -1.92. The zero-order valence-electron chi connectivity index (χ0n) is 12.6. The molecule has 0 saturated heterocycles. The third kappa shape index (κ3) is 3.84. The van der Waals surface area contributed by atoms with Crippen LogP contribution in [0.3, 0.4) is 0 Å². The maximum Gasteiger partial charge on any atom is 0.307 e. The van der Waals surface area contributed by atoms with Crippen LogP contribution in [-0.2, 0) is 9.59 Å². The minimum absolute atomic E-state index is 0.102. The van der Waals surface area contributed by atoms with Gasteiger partial charge in [0.2, 0.25) is 5.91 Å². The van der Waals surface area contributed by atoms with Gasteiger partial charge in [0.05, 0.1) is 17.9 Å². The molecule has 114 valence electrons. The van der Waals surface area contributed by atoms with Crippen molar-refractivity contribution in [2.24, 2.45) is 11.8 Å². The Labute approximate surface area is 125 Å². The number of aliphatic carboxylic acids is 1. The fraction of sp³-hybridized carbons (Fsp3) is 0.529. The Kier molecular flexibility index (Phi) is 4.99. The molecule has 1 fully saturated rings. The lowest BCUT2D eigenvalue weighted by Gasteiger charge is -2.28. The van der Waals surface area contributed by atoms with Crippen LogP contribution in [0.4, 0.5) is 0 Å². The van der Waals surface area contributed by atoms with Crippen LogP contribution < -0.4 is 5.32 Å². The van der Waals surface area contributed by atoms with Crippen LogP contribution in [0.2, 0.25) is 0 Å². The van der Waals surface area contributed by atoms with Gasteiger partial charge >= 0.3 is 5.97 Å². The predicted molar refractivity (Wildman–Crippen MR) is 80.8 cm³/mol. The summed E-state index contributed by atoms with van der Waals surface area (Å²) in [6.45, 7) is 3.95. The van der Waals surface area contributed by atoms with Crippen molar-refractivity contribution in [3.05, 3.63) is 35.4 Å². The molecular weight excluding hydrogens is 266 g/mol. The van der Waals surface area contributed by atoms with E-state index in [1.165, 1.54) is 5.56 Å². The second-order valence-corrected chi connectivity index (χ2v) is 5.98. The Balaban J connectivity index is 2.02. The van der Waals surface area contributed by atoms with E-state index in [1.54, 1.807) is 0 Å². The molecular formula is C17H23NO3. The summed E-state index contributed by atoms with van der Waals surface area (Å²) in [6, 6.07) is 7.91. The number of aryl methyl sites for hydroxylation is 1. The molecule has 0 spiro atoms. The van der Waals surface area contributed by atoms with Crippen LogP contribution in [-0.4, -0.2) is 17.0 Å². The Bertz CT molecular complexity index is 509. The van der Waals surface area contributed by atoms with Crippen LogP contribution >= 0.6 is 0 Å². The van der Waals surface area contributed by atoms with Gasteiger partial charge < -0.3 is 10.4 Å². The monoisotopic (exact) mass is 289 g/mol. The van der Waals surface area contributed by atoms with Crippen LogP contribution in [0.1, 0.15) is 49.8 Å². The predicted octanol–water partition coefficient (Wildman–Crippen LogP) is 3.06. The summed E-state index contributed by atoms with van der Waals surface area (Å²) in [4.78, 5) is 23.7. The maximum absolute atomic E-state index is 12.4. The molecule has 0 aliphatic heterocycles. The molecule has 0 heterocycles. The van der Waals surface area contributed by atoms with Gasteiger partial charge in [-0.15, -0.1) is 0 Å². The lowest BCUT2D eigenvalue weighted by atomic mass is 9.78. The summed E-state index contributed by atoms with van der Waals surface area (Å²) in [6.07, 6.45) is 3.10. The Morgan fingerprint density at radius 3 is 2.29 bits per heavy atom. The molecule has 21 heavy (non-hydrogen) atoms. The van der Waals surface area contributed by atoms with Gasteiger partial charge in [-0.1, -0.05) is 42.7 Å². The maximum atomic E-state index is 12.4. The van der Waals surface area contributed by atoms with Gasteiger partial charge in [-0.3, -0.25) is 9.59 Å². The lowest BCUT2D eigenvalue weighted by molar-refractivity contribution is -0.149. The smallest absolute Gasteiger partial charge is 0.307 e. The van der Waals surface area contributed by atoms with E-state index in [1.807, 2.05) is 38.1 Å². The zero-order valence-corrected chi connectivity index (χ0v) is 12.6. The second kappa shape index (κ2) is 6.74. The number of hydrogen-bond acceptors (Lipinski definition) is 2. The number of carbonyl (C=O) groups excluding carboxylic acids is 1. The van der Waals surface area contributed by atoms with Crippen LogP contribution in [0.25, 0.3) is 0 Å². The van der Waals surface area contributed by atoms with Crippen molar-refractivity contribution in [3.63, 3.8) is 0 Å². The van der Waals surface area contributed by atoms with Crippen molar-refractivity contribution in [3.8, 4) is 0 Å². The van der Waals surface area contributed by atoms with Gasteiger partial charge in [-0.25, -0.2) is 0 Å². The Hall–Kier alpha value is -1.84. The number of carbonyl (C=O) groups is 2. The van der Waals surface area contributed by atoms with Gasteiger partial charge in [0.25, 0.3) is 0 Å². The Morgan fingerprint density at radius 2 is 1.71 bits per heavy atom. The van der Waals surface area contributed by atoms with E-state index in [0.717, 1.165) is 18.4 Å². The van der Waals surface area contributed by atoms with Crippen molar-refractivity contribution >= 4 is 11.9 Å². The van der Waals surface area contributed by atoms with Gasteiger partial charge in [0.1, 0.15) is 0 Å². The van der Waals surface area contributed by atoms with E-state index in [0.29, 0.717) is 12.8 Å². The summed E-state index contributed by atoms with van der Waals surface area (Å²) in [5.41, 5.74) is 2.21. The number of hydrogen-bond donors (Lipinski definition) is 2. The average Bonchev–Trinajstić information content (AvgIpc) is 2.47. The molecule has 1 aromatic carbocycles. The van der Waals surface area contributed by atoms with Crippen molar-refractivity contribution in [1.29, 1.82) is 0 Å². The summed E-state index contributed by atoms with van der Waals surface area (Å²) >= 11 is 0. The van der Waals surface area contributed by atoms with E-state index in [9.17, 15) is 14.7 Å². The van der Waals surface area contributed by atoms with Crippen molar-refractivity contribution < 1.29 is 14.7 Å². The highest BCUT2D eigenvalue weighted by Gasteiger charge is 2.36. The lowest BCUT2D eigenvalue weighted by Crippen LogP contribution is -2.40. The van der Waals surface area contributed by atoms with Crippen LogP contribution in [0.15, 0.2) is 24.3 Å². The quantitative estimate of drug-likeness (QED) is 0.895. The summed E-state index contributed by atoms with van der Waals surface area (Å²) in [5, 5.41) is 12.2. The number of nitrogens with one attached hydrogen (secondary N) is 1. The van der Waals surface area contributed by atoms with E-state index in [4.69, 9.17) is 0 Å². The fourth-order valence-corrected chi connectivity index (χ4v) is 3.00. The normalized spacial score (nSPS) is 23.3. The molecule has 0 radical (unpaired) electrons. The summed E-state index contributed by atoms with van der Waals surface area (Å²) < 4.78 is 0. The van der Waals surface area contributed by atoms with Gasteiger partial charge in [0.15, 0.2) is 0 Å². The van der Waals surface area contributed by atoms with E-state index < -0.39 is 17.8 Å². The molecule has 0 bridgehead atoms. The molecule has 1 aliphatic rings. The molecule has 0 unspecified atom stereocenters. The molecule has 1 amide bonds. The SMILES string of the molecule is Cc1ccc([C@H](C)NC(=O)[C@@H]2CCCC[C@@H]2C(=O)O)cc1. The van der Waals surface area contributed by atoms with Gasteiger partial charge in [-0.2, -0.15) is 0 Å². The highest BCUT2D eigenvalue weighted by atomic mass is 16.4. The third-order valence-electron chi connectivity index (χ3n) is 4.36. The molecule has 2 rings (SSSR count). The molecule has 1 saturated carbocycles. The van der Waals surface area contributed by atoms with Crippen LogP contribution in [0, 0.1) is 18.8 Å². The molecule has 3 atom stereocenters.